The number of nitrogens with one attached hydrogen (secondary N) is 1. The zero-order valence-electron chi connectivity index (χ0n) is 9.78. The molecule has 2 N–H and O–H groups in total. The molecule has 1 unspecified atom stereocenters. The quantitative estimate of drug-likeness (QED) is 0.752. The second-order valence-electron chi connectivity index (χ2n) is 4.38. The van der Waals surface area contributed by atoms with Crippen LogP contribution in [0.3, 0.4) is 0 Å². The lowest BCUT2D eigenvalue weighted by atomic mass is 10.0. The molecule has 0 aliphatic carbocycles. The Bertz CT molecular complexity index is 300. The normalized spacial score (nSPS) is 13.1. The molecule has 1 aromatic rings. The van der Waals surface area contributed by atoms with Gasteiger partial charge in [0.2, 0.25) is 0 Å². The molecule has 0 aliphatic rings. The number of hydrogen-bond acceptors (Lipinski definition) is 3. The lowest BCUT2D eigenvalue weighted by Crippen LogP contribution is -2.33. The number of aliphatic hydroxyl groups excluding tert-OH is 1. The maximum absolute atomic E-state index is 9.20. The van der Waals surface area contributed by atoms with Crippen LogP contribution in [0.5, 0.6) is 0 Å². The van der Waals surface area contributed by atoms with Crippen LogP contribution in [0.2, 0.25) is 5.15 Å². The van der Waals surface area contributed by atoms with Gasteiger partial charge in [-0.2, -0.15) is 0 Å². The van der Waals surface area contributed by atoms with E-state index in [4.69, 9.17) is 11.6 Å². The summed E-state index contributed by atoms with van der Waals surface area (Å²) in [4.78, 5) is 4.01. The summed E-state index contributed by atoms with van der Waals surface area (Å²) in [5.74, 6) is 0.577. The van der Waals surface area contributed by atoms with Crippen LogP contribution in [0, 0.1) is 5.92 Å². The van der Waals surface area contributed by atoms with E-state index < -0.39 is 0 Å². The largest absolute Gasteiger partial charge is 0.395 e. The molecule has 0 aliphatic heterocycles. The van der Waals surface area contributed by atoms with Crippen molar-refractivity contribution >= 4 is 11.6 Å². The van der Waals surface area contributed by atoms with Gasteiger partial charge in [0.1, 0.15) is 5.15 Å². The molecule has 0 spiro atoms. The van der Waals surface area contributed by atoms with Crippen molar-refractivity contribution in [2.75, 3.05) is 6.61 Å². The fraction of sp³-hybridized carbons (Fsp3) is 0.583. The van der Waals surface area contributed by atoms with Gasteiger partial charge in [0, 0.05) is 18.8 Å². The fourth-order valence-corrected chi connectivity index (χ4v) is 1.68. The van der Waals surface area contributed by atoms with Crippen LogP contribution < -0.4 is 5.32 Å². The SMILES string of the molecule is CC(C)CC(CO)NCc1ccc(Cl)nc1. The Kier molecular flexibility index (Phi) is 5.74. The molecule has 1 heterocycles. The minimum Gasteiger partial charge on any atom is -0.395 e. The van der Waals surface area contributed by atoms with E-state index in [0.717, 1.165) is 12.0 Å². The highest BCUT2D eigenvalue weighted by molar-refractivity contribution is 6.29. The zero-order chi connectivity index (χ0) is 12.0. The van der Waals surface area contributed by atoms with E-state index in [1.54, 1.807) is 12.3 Å². The molecule has 0 fully saturated rings. The summed E-state index contributed by atoms with van der Waals surface area (Å²) in [6, 6.07) is 3.86. The summed E-state index contributed by atoms with van der Waals surface area (Å²) in [6.45, 7) is 5.17. The first-order chi connectivity index (χ1) is 7.61. The van der Waals surface area contributed by atoms with Gasteiger partial charge in [-0.15, -0.1) is 0 Å². The number of aliphatic hydroxyl groups is 1. The maximum atomic E-state index is 9.20. The number of pyridine rings is 1. The van der Waals surface area contributed by atoms with Gasteiger partial charge in [0.25, 0.3) is 0 Å². The van der Waals surface area contributed by atoms with Crippen molar-refractivity contribution in [3.63, 3.8) is 0 Å². The Hall–Kier alpha value is -0.640. The lowest BCUT2D eigenvalue weighted by Gasteiger charge is -2.18. The van der Waals surface area contributed by atoms with Crippen molar-refractivity contribution in [1.82, 2.24) is 10.3 Å². The average molecular weight is 243 g/mol. The second-order valence-corrected chi connectivity index (χ2v) is 4.77. The highest BCUT2D eigenvalue weighted by atomic mass is 35.5. The first-order valence-corrected chi connectivity index (χ1v) is 5.94. The molecule has 90 valence electrons. The molecule has 1 atom stereocenters. The molecule has 3 nitrogen and oxygen atoms in total. The third-order valence-corrected chi connectivity index (χ3v) is 2.58. The summed E-state index contributed by atoms with van der Waals surface area (Å²) in [5, 5.41) is 13.0. The molecule has 0 amide bonds. The summed E-state index contributed by atoms with van der Waals surface area (Å²) in [6.07, 6.45) is 2.72. The number of aromatic nitrogens is 1. The standard InChI is InChI=1S/C12H19ClN2O/c1-9(2)5-11(8-16)14-6-10-3-4-12(13)15-7-10/h3-4,7,9,11,14,16H,5-6,8H2,1-2H3. The molecule has 0 bridgehead atoms. The van der Waals surface area contributed by atoms with E-state index in [2.05, 4.69) is 24.1 Å². The van der Waals surface area contributed by atoms with Gasteiger partial charge in [-0.25, -0.2) is 4.98 Å². The van der Waals surface area contributed by atoms with E-state index in [1.807, 2.05) is 6.07 Å². The van der Waals surface area contributed by atoms with Gasteiger partial charge in [0.15, 0.2) is 0 Å². The Morgan fingerprint density at radius 2 is 2.19 bits per heavy atom. The number of rotatable bonds is 6. The summed E-state index contributed by atoms with van der Waals surface area (Å²) in [7, 11) is 0. The highest BCUT2D eigenvalue weighted by Gasteiger charge is 2.08. The summed E-state index contributed by atoms with van der Waals surface area (Å²) < 4.78 is 0. The number of nitrogens with zero attached hydrogens (tertiary/aromatic N) is 1. The third-order valence-electron chi connectivity index (χ3n) is 2.36. The zero-order valence-corrected chi connectivity index (χ0v) is 10.5. The minimum absolute atomic E-state index is 0.149. The van der Waals surface area contributed by atoms with Gasteiger partial charge in [-0.1, -0.05) is 31.5 Å². The van der Waals surface area contributed by atoms with Gasteiger partial charge in [0.05, 0.1) is 6.61 Å². The molecular weight excluding hydrogens is 224 g/mol. The molecule has 0 saturated heterocycles. The van der Waals surface area contributed by atoms with Crippen molar-refractivity contribution in [2.45, 2.75) is 32.9 Å². The predicted molar refractivity (Wildman–Crippen MR) is 66.4 cm³/mol. The molecule has 16 heavy (non-hydrogen) atoms. The van der Waals surface area contributed by atoms with Gasteiger partial charge >= 0.3 is 0 Å². The third kappa shape index (κ3) is 4.92. The van der Waals surface area contributed by atoms with E-state index in [-0.39, 0.29) is 12.6 Å². The number of halogens is 1. The Labute approximate surface area is 102 Å². The molecule has 1 rings (SSSR count). The van der Waals surface area contributed by atoms with Crippen molar-refractivity contribution < 1.29 is 5.11 Å². The Morgan fingerprint density at radius 1 is 1.44 bits per heavy atom. The second kappa shape index (κ2) is 6.84. The van der Waals surface area contributed by atoms with E-state index >= 15 is 0 Å². The van der Waals surface area contributed by atoms with E-state index in [1.165, 1.54) is 0 Å². The van der Waals surface area contributed by atoms with Gasteiger partial charge in [-0.05, 0) is 24.0 Å². The topological polar surface area (TPSA) is 45.1 Å². The van der Waals surface area contributed by atoms with Crippen LogP contribution in [0.1, 0.15) is 25.8 Å². The molecule has 0 radical (unpaired) electrons. The predicted octanol–water partition coefficient (Wildman–Crippen LogP) is 2.23. The number of hydrogen-bond donors (Lipinski definition) is 2. The molecular formula is C12H19ClN2O. The monoisotopic (exact) mass is 242 g/mol. The Balaban J connectivity index is 2.40. The lowest BCUT2D eigenvalue weighted by molar-refractivity contribution is 0.223. The maximum Gasteiger partial charge on any atom is 0.129 e. The first-order valence-electron chi connectivity index (χ1n) is 5.56. The van der Waals surface area contributed by atoms with Crippen molar-refractivity contribution in [3.8, 4) is 0 Å². The molecule has 4 heteroatoms. The van der Waals surface area contributed by atoms with Crippen molar-refractivity contribution in [2.24, 2.45) is 5.92 Å². The van der Waals surface area contributed by atoms with Crippen LogP contribution in [-0.2, 0) is 6.54 Å². The highest BCUT2D eigenvalue weighted by Crippen LogP contribution is 2.07. The van der Waals surface area contributed by atoms with E-state index in [0.29, 0.717) is 17.6 Å². The minimum atomic E-state index is 0.149. The molecule has 0 aromatic carbocycles. The van der Waals surface area contributed by atoms with Crippen LogP contribution in [0.4, 0.5) is 0 Å². The smallest absolute Gasteiger partial charge is 0.129 e. The van der Waals surface area contributed by atoms with Crippen molar-refractivity contribution in [1.29, 1.82) is 0 Å². The molecule has 1 aromatic heterocycles. The molecule has 0 saturated carbocycles. The van der Waals surface area contributed by atoms with Gasteiger partial charge in [-0.3, -0.25) is 0 Å². The average Bonchev–Trinajstić information content (AvgIpc) is 2.26. The first kappa shape index (κ1) is 13.4. The van der Waals surface area contributed by atoms with Crippen LogP contribution in [-0.4, -0.2) is 22.7 Å². The fourth-order valence-electron chi connectivity index (χ4n) is 1.56. The van der Waals surface area contributed by atoms with Gasteiger partial charge < -0.3 is 10.4 Å². The van der Waals surface area contributed by atoms with Crippen molar-refractivity contribution in [3.05, 3.63) is 29.0 Å². The Morgan fingerprint density at radius 3 is 2.69 bits per heavy atom. The van der Waals surface area contributed by atoms with Crippen LogP contribution >= 0.6 is 11.6 Å². The van der Waals surface area contributed by atoms with Crippen LogP contribution in [0.25, 0.3) is 0 Å². The van der Waals surface area contributed by atoms with E-state index in [9.17, 15) is 5.11 Å². The van der Waals surface area contributed by atoms with Crippen LogP contribution in [0.15, 0.2) is 18.3 Å². The summed E-state index contributed by atoms with van der Waals surface area (Å²) in [5.41, 5.74) is 1.08. The summed E-state index contributed by atoms with van der Waals surface area (Å²) >= 11 is 5.70.